The van der Waals surface area contributed by atoms with Gasteiger partial charge >= 0.3 is 5.97 Å². The van der Waals surface area contributed by atoms with E-state index in [1.807, 2.05) is 6.07 Å². The fourth-order valence-electron chi connectivity index (χ4n) is 1.57. The van der Waals surface area contributed by atoms with Gasteiger partial charge in [0.05, 0.1) is 11.0 Å². The second-order valence-electron chi connectivity index (χ2n) is 4.57. The minimum absolute atomic E-state index is 0.0488. The Hall–Kier alpha value is -1.56. The van der Waals surface area contributed by atoms with Gasteiger partial charge in [0.25, 0.3) is 0 Å². The van der Waals surface area contributed by atoms with Crippen LogP contribution in [0.3, 0.4) is 0 Å². The Morgan fingerprint density at radius 1 is 1.26 bits per heavy atom. The summed E-state index contributed by atoms with van der Waals surface area (Å²) in [5.41, 5.74) is 0.712. The summed E-state index contributed by atoms with van der Waals surface area (Å²) >= 11 is 0. The van der Waals surface area contributed by atoms with Crippen LogP contribution in [0, 0.1) is 0 Å². The van der Waals surface area contributed by atoms with Crippen LogP contribution in [-0.2, 0) is 14.6 Å². The highest BCUT2D eigenvalue weighted by molar-refractivity contribution is 7.92. The van der Waals surface area contributed by atoms with Crippen molar-refractivity contribution in [1.29, 1.82) is 0 Å². The molecule has 0 spiro atoms. The van der Waals surface area contributed by atoms with Gasteiger partial charge in [0.2, 0.25) is 0 Å². The van der Waals surface area contributed by atoms with Gasteiger partial charge in [0.1, 0.15) is 6.54 Å². The fourth-order valence-corrected chi connectivity index (χ4v) is 2.52. The summed E-state index contributed by atoms with van der Waals surface area (Å²) in [5.74, 6) is -1.03. The average molecular weight is 285 g/mol. The largest absolute Gasteiger partial charge is 0.480 e. The standard InChI is InChI=1S/C13H19NO4S/c1-11(2)19(17,18)9-8-14(10-13(15)16)12-6-4-3-5-7-12/h3-7,11H,8-10H2,1-2H3,(H,15,16). The number of anilines is 1. The van der Waals surface area contributed by atoms with E-state index in [-0.39, 0.29) is 18.8 Å². The van der Waals surface area contributed by atoms with Crippen molar-refractivity contribution in [3.05, 3.63) is 30.3 Å². The second kappa shape index (κ2) is 6.56. The number of carboxylic acids is 1. The van der Waals surface area contributed by atoms with E-state index in [4.69, 9.17) is 5.11 Å². The van der Waals surface area contributed by atoms with Crippen molar-refractivity contribution in [2.75, 3.05) is 23.7 Å². The number of sulfone groups is 1. The van der Waals surface area contributed by atoms with E-state index in [0.29, 0.717) is 5.69 Å². The summed E-state index contributed by atoms with van der Waals surface area (Å²) < 4.78 is 23.6. The molecule has 0 saturated heterocycles. The van der Waals surface area contributed by atoms with Crippen LogP contribution in [0.25, 0.3) is 0 Å². The van der Waals surface area contributed by atoms with Crippen LogP contribution in [0.2, 0.25) is 0 Å². The lowest BCUT2D eigenvalue weighted by molar-refractivity contribution is -0.135. The number of hydrogen-bond acceptors (Lipinski definition) is 4. The third-order valence-corrected chi connectivity index (χ3v) is 5.00. The first-order valence-electron chi connectivity index (χ1n) is 6.06. The summed E-state index contributed by atoms with van der Waals surface area (Å²) in [6.45, 7) is 3.22. The lowest BCUT2D eigenvalue weighted by Gasteiger charge is -2.23. The van der Waals surface area contributed by atoms with Crippen molar-refractivity contribution in [1.82, 2.24) is 0 Å². The highest BCUT2D eigenvalue weighted by atomic mass is 32.2. The molecule has 5 nitrogen and oxygen atoms in total. The molecule has 1 rings (SSSR count). The maximum Gasteiger partial charge on any atom is 0.323 e. The van der Waals surface area contributed by atoms with Crippen LogP contribution in [0.15, 0.2) is 30.3 Å². The van der Waals surface area contributed by atoms with Gasteiger partial charge < -0.3 is 10.0 Å². The molecule has 0 unspecified atom stereocenters. The minimum atomic E-state index is -3.17. The third kappa shape index (κ3) is 4.90. The maximum absolute atomic E-state index is 11.8. The van der Waals surface area contributed by atoms with Crippen molar-refractivity contribution in [2.45, 2.75) is 19.1 Å². The fraction of sp³-hybridized carbons (Fsp3) is 0.462. The Morgan fingerprint density at radius 3 is 2.32 bits per heavy atom. The Balaban J connectivity index is 2.80. The van der Waals surface area contributed by atoms with Crippen molar-refractivity contribution in [3.8, 4) is 0 Å². The van der Waals surface area contributed by atoms with E-state index < -0.39 is 21.1 Å². The lowest BCUT2D eigenvalue weighted by Crippen LogP contribution is -2.35. The zero-order valence-corrected chi connectivity index (χ0v) is 11.9. The first-order chi connectivity index (χ1) is 8.83. The average Bonchev–Trinajstić information content (AvgIpc) is 2.35. The van der Waals surface area contributed by atoms with Gasteiger partial charge in [-0.05, 0) is 26.0 Å². The Morgan fingerprint density at radius 2 is 1.84 bits per heavy atom. The minimum Gasteiger partial charge on any atom is -0.480 e. The molecule has 106 valence electrons. The molecule has 0 radical (unpaired) electrons. The second-order valence-corrected chi connectivity index (χ2v) is 7.24. The summed E-state index contributed by atoms with van der Waals surface area (Å²) in [6.07, 6.45) is 0. The summed E-state index contributed by atoms with van der Waals surface area (Å²) in [5, 5.41) is 8.44. The van der Waals surface area contributed by atoms with Gasteiger partial charge in [-0.15, -0.1) is 0 Å². The van der Waals surface area contributed by atoms with Crippen LogP contribution < -0.4 is 4.90 Å². The number of carboxylic acid groups (broad SMARTS) is 1. The van der Waals surface area contributed by atoms with Gasteiger partial charge in [-0.2, -0.15) is 0 Å². The van der Waals surface area contributed by atoms with E-state index in [9.17, 15) is 13.2 Å². The number of aliphatic carboxylic acids is 1. The molecule has 0 fully saturated rings. The summed E-state index contributed by atoms with van der Waals surface area (Å²) in [4.78, 5) is 12.4. The molecule has 0 bridgehead atoms. The molecule has 0 saturated carbocycles. The number of benzene rings is 1. The molecule has 0 aliphatic rings. The lowest BCUT2D eigenvalue weighted by atomic mass is 10.3. The van der Waals surface area contributed by atoms with Crippen LogP contribution in [0.1, 0.15) is 13.8 Å². The molecule has 0 atom stereocenters. The van der Waals surface area contributed by atoms with Crippen molar-refractivity contribution >= 4 is 21.5 Å². The maximum atomic E-state index is 11.8. The third-order valence-electron chi connectivity index (χ3n) is 2.81. The molecule has 19 heavy (non-hydrogen) atoms. The molecule has 0 heterocycles. The number of carbonyl (C=O) groups is 1. The van der Waals surface area contributed by atoms with Gasteiger partial charge in [0, 0.05) is 12.2 Å². The van der Waals surface area contributed by atoms with Gasteiger partial charge in [-0.1, -0.05) is 18.2 Å². The number of nitrogens with zero attached hydrogens (tertiary/aromatic N) is 1. The number of rotatable bonds is 7. The van der Waals surface area contributed by atoms with E-state index in [1.54, 1.807) is 43.0 Å². The predicted octanol–water partition coefficient (Wildman–Crippen LogP) is 1.40. The molecule has 1 aromatic carbocycles. The Labute approximate surface area is 113 Å². The van der Waals surface area contributed by atoms with Crippen molar-refractivity contribution in [2.24, 2.45) is 0 Å². The first kappa shape index (κ1) is 15.5. The van der Waals surface area contributed by atoms with Gasteiger partial charge in [0.15, 0.2) is 9.84 Å². The highest BCUT2D eigenvalue weighted by Crippen LogP contribution is 2.13. The van der Waals surface area contributed by atoms with E-state index in [2.05, 4.69) is 0 Å². The van der Waals surface area contributed by atoms with Gasteiger partial charge in [-0.25, -0.2) is 8.42 Å². The van der Waals surface area contributed by atoms with Crippen molar-refractivity contribution < 1.29 is 18.3 Å². The van der Waals surface area contributed by atoms with E-state index in [1.165, 1.54) is 0 Å². The zero-order chi connectivity index (χ0) is 14.5. The zero-order valence-electron chi connectivity index (χ0n) is 11.1. The summed E-state index contributed by atoms with van der Waals surface area (Å²) in [7, 11) is -3.17. The SMILES string of the molecule is CC(C)S(=O)(=O)CCN(CC(=O)O)c1ccccc1. The molecule has 0 aliphatic carbocycles. The monoisotopic (exact) mass is 285 g/mol. The van der Waals surface area contributed by atoms with Crippen LogP contribution >= 0.6 is 0 Å². The van der Waals surface area contributed by atoms with Crippen LogP contribution in [0.4, 0.5) is 5.69 Å². The normalized spacial score (nSPS) is 11.5. The summed E-state index contributed by atoms with van der Waals surface area (Å²) in [6, 6.07) is 8.95. The molecular formula is C13H19NO4S. The van der Waals surface area contributed by atoms with Crippen LogP contribution in [-0.4, -0.2) is 43.6 Å². The molecule has 0 aliphatic heterocycles. The van der Waals surface area contributed by atoms with Gasteiger partial charge in [-0.3, -0.25) is 4.79 Å². The predicted molar refractivity (Wildman–Crippen MR) is 75.2 cm³/mol. The number of para-hydroxylation sites is 1. The smallest absolute Gasteiger partial charge is 0.323 e. The highest BCUT2D eigenvalue weighted by Gasteiger charge is 2.19. The van der Waals surface area contributed by atoms with E-state index >= 15 is 0 Å². The first-order valence-corrected chi connectivity index (χ1v) is 7.78. The molecular weight excluding hydrogens is 266 g/mol. The molecule has 1 aromatic rings. The quantitative estimate of drug-likeness (QED) is 0.819. The molecule has 0 amide bonds. The Bertz CT molecular complexity index is 511. The van der Waals surface area contributed by atoms with Crippen molar-refractivity contribution in [3.63, 3.8) is 0 Å². The number of hydrogen-bond donors (Lipinski definition) is 1. The topological polar surface area (TPSA) is 74.7 Å². The Kier molecular flexibility index (Phi) is 5.35. The van der Waals surface area contributed by atoms with E-state index in [0.717, 1.165) is 0 Å². The molecule has 0 aromatic heterocycles. The van der Waals surface area contributed by atoms with Crippen LogP contribution in [0.5, 0.6) is 0 Å². The molecule has 1 N–H and O–H groups in total. The molecule has 6 heteroatoms.